The number of carbonyl (C=O) groups is 4. The van der Waals surface area contributed by atoms with Crippen molar-refractivity contribution in [3.05, 3.63) is 46.3 Å². The molecule has 0 heterocycles. The maximum absolute atomic E-state index is 12.0. The van der Waals surface area contributed by atoms with Crippen molar-refractivity contribution in [1.82, 2.24) is 0 Å². The zero-order valence-corrected chi connectivity index (χ0v) is 12.2. The molecular weight excluding hydrogens is 308 g/mol. The van der Waals surface area contributed by atoms with Crippen LogP contribution in [0.1, 0.15) is 0 Å². The van der Waals surface area contributed by atoms with Gasteiger partial charge in [0.15, 0.2) is 11.6 Å². The number of hydrogen-bond donors (Lipinski definition) is 2. The molecule has 0 aromatic rings. The van der Waals surface area contributed by atoms with Crippen LogP contribution in [0.2, 0.25) is 0 Å². The number of rotatable bonds is 2. The van der Waals surface area contributed by atoms with Crippen LogP contribution in [0.4, 0.5) is 0 Å². The standard InChI is InChI=1S/C15H12O8/c1-22-14(20)7-5-6-8(16)3-4-9(17)10(6)13(19)11(12(7)18)15(21)23-2/h3-5,13,18-19H,1-2H3. The lowest BCUT2D eigenvalue weighted by molar-refractivity contribution is -0.137. The van der Waals surface area contributed by atoms with Gasteiger partial charge in [0.2, 0.25) is 0 Å². The van der Waals surface area contributed by atoms with Crippen molar-refractivity contribution in [2.24, 2.45) is 0 Å². The molecule has 0 aromatic carbocycles. The Morgan fingerprint density at radius 1 is 1.04 bits per heavy atom. The lowest BCUT2D eigenvalue weighted by atomic mass is 9.89. The number of aliphatic hydroxyl groups excluding tert-OH is 2. The van der Waals surface area contributed by atoms with Crippen molar-refractivity contribution in [2.75, 3.05) is 14.2 Å². The van der Waals surface area contributed by atoms with E-state index in [0.29, 0.717) is 0 Å². The fourth-order valence-corrected chi connectivity index (χ4v) is 2.24. The van der Waals surface area contributed by atoms with Gasteiger partial charge >= 0.3 is 11.9 Å². The van der Waals surface area contributed by atoms with Gasteiger partial charge in [-0.2, -0.15) is 0 Å². The highest BCUT2D eigenvalue weighted by molar-refractivity contribution is 6.23. The van der Waals surface area contributed by atoms with Gasteiger partial charge < -0.3 is 19.7 Å². The Labute approximate surface area is 130 Å². The van der Waals surface area contributed by atoms with E-state index in [1.165, 1.54) is 0 Å². The molecule has 2 N–H and O–H groups in total. The summed E-state index contributed by atoms with van der Waals surface area (Å²) in [6.45, 7) is 0. The molecule has 0 aromatic heterocycles. The molecule has 8 heteroatoms. The minimum absolute atomic E-state index is 0.309. The number of aliphatic hydroxyl groups is 2. The van der Waals surface area contributed by atoms with E-state index in [0.717, 1.165) is 32.4 Å². The molecule has 120 valence electrons. The number of ketones is 2. The Balaban J connectivity index is 2.80. The average Bonchev–Trinajstić information content (AvgIpc) is 2.65. The molecule has 8 nitrogen and oxygen atoms in total. The summed E-state index contributed by atoms with van der Waals surface area (Å²) in [4.78, 5) is 47.6. The van der Waals surface area contributed by atoms with Gasteiger partial charge in [0.1, 0.15) is 23.0 Å². The van der Waals surface area contributed by atoms with Crippen LogP contribution < -0.4 is 0 Å². The van der Waals surface area contributed by atoms with E-state index in [1.54, 1.807) is 0 Å². The van der Waals surface area contributed by atoms with Crippen LogP contribution in [0.15, 0.2) is 46.3 Å². The molecule has 0 spiro atoms. The van der Waals surface area contributed by atoms with E-state index >= 15 is 0 Å². The van der Waals surface area contributed by atoms with E-state index < -0.39 is 52.1 Å². The first-order valence-electron chi connectivity index (χ1n) is 6.34. The second kappa shape index (κ2) is 6.01. The third kappa shape index (κ3) is 2.59. The topological polar surface area (TPSA) is 127 Å². The predicted octanol–water partition coefficient (Wildman–Crippen LogP) is -0.550. The van der Waals surface area contributed by atoms with Gasteiger partial charge in [0.05, 0.1) is 14.2 Å². The smallest absolute Gasteiger partial charge is 0.341 e. The van der Waals surface area contributed by atoms with Crippen molar-refractivity contribution in [3.8, 4) is 0 Å². The van der Waals surface area contributed by atoms with E-state index in [2.05, 4.69) is 9.47 Å². The summed E-state index contributed by atoms with van der Waals surface area (Å²) in [5.74, 6) is -4.54. The van der Waals surface area contributed by atoms with Crippen LogP contribution in [-0.4, -0.2) is 54.0 Å². The van der Waals surface area contributed by atoms with Crippen LogP contribution in [0, 0.1) is 0 Å². The zero-order valence-electron chi connectivity index (χ0n) is 12.2. The van der Waals surface area contributed by atoms with Gasteiger partial charge in [0, 0.05) is 11.1 Å². The number of hydrogen-bond acceptors (Lipinski definition) is 8. The lowest BCUT2D eigenvalue weighted by Gasteiger charge is -2.18. The van der Waals surface area contributed by atoms with Gasteiger partial charge in [-0.1, -0.05) is 0 Å². The highest BCUT2D eigenvalue weighted by Crippen LogP contribution is 2.32. The Kier molecular flexibility index (Phi) is 4.28. The zero-order chi connectivity index (χ0) is 17.3. The number of carbonyl (C=O) groups excluding carboxylic acids is 4. The van der Waals surface area contributed by atoms with Gasteiger partial charge in [-0.25, -0.2) is 9.59 Å². The summed E-state index contributed by atoms with van der Waals surface area (Å²) in [6, 6.07) is 0. The summed E-state index contributed by atoms with van der Waals surface area (Å²) in [5, 5.41) is 20.5. The average molecular weight is 320 g/mol. The predicted molar refractivity (Wildman–Crippen MR) is 74.0 cm³/mol. The molecule has 2 aliphatic rings. The summed E-state index contributed by atoms with van der Waals surface area (Å²) in [7, 11) is 2.02. The van der Waals surface area contributed by atoms with E-state index in [9.17, 15) is 29.4 Å². The monoisotopic (exact) mass is 320 g/mol. The van der Waals surface area contributed by atoms with Crippen LogP contribution in [0.5, 0.6) is 0 Å². The minimum Gasteiger partial charge on any atom is -0.506 e. The third-order valence-electron chi connectivity index (χ3n) is 3.36. The lowest BCUT2D eigenvalue weighted by Crippen LogP contribution is -2.29. The molecule has 0 saturated heterocycles. The third-order valence-corrected chi connectivity index (χ3v) is 3.36. The molecule has 0 amide bonds. The molecule has 2 aliphatic carbocycles. The molecule has 2 rings (SSSR count). The number of methoxy groups -OCH3 is 2. The molecule has 23 heavy (non-hydrogen) atoms. The van der Waals surface area contributed by atoms with Crippen molar-refractivity contribution in [1.29, 1.82) is 0 Å². The van der Waals surface area contributed by atoms with Crippen LogP contribution >= 0.6 is 0 Å². The minimum atomic E-state index is -1.93. The molecule has 0 radical (unpaired) electrons. The highest BCUT2D eigenvalue weighted by atomic mass is 16.5. The summed E-state index contributed by atoms with van der Waals surface area (Å²) >= 11 is 0. The molecular formula is C15H12O8. The van der Waals surface area contributed by atoms with E-state index in [1.807, 2.05) is 0 Å². The van der Waals surface area contributed by atoms with Gasteiger partial charge in [-0.3, -0.25) is 9.59 Å². The highest BCUT2D eigenvalue weighted by Gasteiger charge is 2.39. The van der Waals surface area contributed by atoms with Gasteiger partial charge in [0.25, 0.3) is 0 Å². The van der Waals surface area contributed by atoms with Crippen molar-refractivity contribution in [3.63, 3.8) is 0 Å². The number of allylic oxidation sites excluding steroid dienone is 4. The van der Waals surface area contributed by atoms with Gasteiger partial charge in [-0.05, 0) is 18.2 Å². The maximum Gasteiger partial charge on any atom is 0.341 e. The summed E-state index contributed by atoms with van der Waals surface area (Å²) < 4.78 is 8.94. The molecule has 1 atom stereocenters. The second-order valence-electron chi connectivity index (χ2n) is 4.60. The summed E-state index contributed by atoms with van der Waals surface area (Å²) in [6.07, 6.45) is 0.851. The number of esters is 2. The molecule has 0 saturated carbocycles. The van der Waals surface area contributed by atoms with E-state index in [4.69, 9.17) is 0 Å². The second-order valence-corrected chi connectivity index (χ2v) is 4.60. The fourth-order valence-electron chi connectivity index (χ4n) is 2.24. The molecule has 0 aliphatic heterocycles. The van der Waals surface area contributed by atoms with E-state index in [-0.39, 0.29) is 5.57 Å². The first-order chi connectivity index (χ1) is 10.8. The largest absolute Gasteiger partial charge is 0.506 e. The first kappa shape index (κ1) is 16.4. The Bertz CT molecular complexity index is 747. The van der Waals surface area contributed by atoms with Crippen molar-refractivity contribution < 1.29 is 38.9 Å². The van der Waals surface area contributed by atoms with Gasteiger partial charge in [-0.15, -0.1) is 0 Å². The van der Waals surface area contributed by atoms with Crippen LogP contribution in [0.3, 0.4) is 0 Å². The Morgan fingerprint density at radius 2 is 1.61 bits per heavy atom. The van der Waals surface area contributed by atoms with Crippen LogP contribution in [0.25, 0.3) is 0 Å². The number of ether oxygens (including phenoxy) is 2. The molecule has 1 unspecified atom stereocenters. The molecule has 0 bridgehead atoms. The van der Waals surface area contributed by atoms with Crippen LogP contribution in [-0.2, 0) is 28.7 Å². The Hall–Kier alpha value is -3.00. The quantitative estimate of drug-likeness (QED) is 0.512. The Morgan fingerprint density at radius 3 is 2.17 bits per heavy atom. The first-order valence-corrected chi connectivity index (χ1v) is 6.34. The maximum atomic E-state index is 12.0. The normalized spacial score (nSPS) is 20.8. The SMILES string of the molecule is COC(=O)C1=CC2=C(C(=O)C=CC2=O)C(O)C(C(=O)OC)=C1O. The van der Waals surface area contributed by atoms with Crippen molar-refractivity contribution in [2.45, 2.75) is 6.10 Å². The summed E-state index contributed by atoms with van der Waals surface area (Å²) in [5.41, 5.74) is -2.02. The van der Waals surface area contributed by atoms with Crippen molar-refractivity contribution >= 4 is 23.5 Å². The molecule has 0 fully saturated rings. The fraction of sp³-hybridized carbons (Fsp3) is 0.200.